The second-order valence-electron chi connectivity index (χ2n) is 12.7. The molecule has 2 aromatic rings. The molecule has 1 N–H and O–H groups in total. The van der Waals surface area contributed by atoms with Crippen molar-refractivity contribution < 1.29 is 33.5 Å². The second kappa shape index (κ2) is 12.3. The molecule has 10 nitrogen and oxygen atoms in total. The number of amides is 2. The molecule has 3 atom stereocenters. The van der Waals surface area contributed by atoms with Crippen LogP contribution in [0.15, 0.2) is 42.7 Å². The van der Waals surface area contributed by atoms with Crippen LogP contribution in [0.25, 0.3) is 0 Å². The van der Waals surface area contributed by atoms with Crippen LogP contribution >= 0.6 is 0 Å². The fraction of sp³-hybridized carbons (Fsp3) is 0.562. The Labute approximate surface area is 247 Å². The lowest BCUT2D eigenvalue weighted by Crippen LogP contribution is -2.46. The fourth-order valence-electron chi connectivity index (χ4n) is 6.71. The topological polar surface area (TPSA) is 104 Å². The number of likely N-dealkylation sites (tertiary alicyclic amines) is 2. The Kier molecular flexibility index (Phi) is 8.73. The lowest BCUT2D eigenvalue weighted by molar-refractivity contribution is -0.670. The summed E-state index contributed by atoms with van der Waals surface area (Å²) in [7, 11) is 1.93. The molecule has 2 saturated heterocycles. The number of ether oxygens (including phenoxy) is 2. The van der Waals surface area contributed by atoms with Gasteiger partial charge >= 0.3 is 5.97 Å². The van der Waals surface area contributed by atoms with Gasteiger partial charge in [-0.3, -0.25) is 19.3 Å². The number of aromatic nitrogens is 1. The number of rotatable bonds is 11. The molecule has 0 spiro atoms. The molecule has 0 aliphatic carbocycles. The number of unbranched alkanes of at least 4 members (excludes halogenated alkanes) is 1. The Hall–Kier alpha value is -3.66. The Morgan fingerprint density at radius 3 is 2.67 bits per heavy atom. The van der Waals surface area contributed by atoms with Gasteiger partial charge in [0, 0.05) is 50.6 Å². The van der Waals surface area contributed by atoms with E-state index >= 15 is 0 Å². The molecule has 3 aliphatic heterocycles. The van der Waals surface area contributed by atoms with Crippen molar-refractivity contribution in [3.05, 3.63) is 48.3 Å². The lowest BCUT2D eigenvalue weighted by Gasteiger charge is -2.30. The molecule has 0 radical (unpaired) electrons. The van der Waals surface area contributed by atoms with Crippen LogP contribution in [-0.2, 0) is 21.4 Å². The molecule has 2 fully saturated rings. The number of anilines is 1. The summed E-state index contributed by atoms with van der Waals surface area (Å²) in [5.74, 6) is -0.707. The van der Waals surface area contributed by atoms with Crippen LogP contribution in [0.2, 0.25) is 0 Å². The normalized spacial score (nSPS) is 23.0. The minimum absolute atomic E-state index is 0.0616. The van der Waals surface area contributed by atoms with Crippen molar-refractivity contribution in [3.63, 3.8) is 0 Å². The van der Waals surface area contributed by atoms with E-state index in [1.165, 1.54) is 0 Å². The highest BCUT2D eigenvalue weighted by molar-refractivity contribution is 5.94. The van der Waals surface area contributed by atoms with E-state index in [0.717, 1.165) is 24.1 Å². The molecule has 5 rings (SSSR count). The average Bonchev–Trinajstić information content (AvgIpc) is 3.61. The minimum Gasteiger partial charge on any atom is -0.481 e. The molecular weight excluding hydrogens is 536 g/mol. The van der Waals surface area contributed by atoms with Gasteiger partial charge in [-0.25, -0.2) is 4.57 Å². The number of hydrogen-bond donors (Lipinski definition) is 1. The first-order valence-corrected chi connectivity index (χ1v) is 15.0. The maximum Gasteiger partial charge on any atom is 0.308 e. The summed E-state index contributed by atoms with van der Waals surface area (Å²) in [5.41, 5.74) is 1.57. The van der Waals surface area contributed by atoms with Crippen molar-refractivity contribution in [1.82, 2.24) is 9.80 Å². The van der Waals surface area contributed by atoms with Crippen LogP contribution in [0.4, 0.5) is 5.69 Å². The van der Waals surface area contributed by atoms with Crippen LogP contribution in [-0.4, -0.2) is 78.2 Å². The van der Waals surface area contributed by atoms with E-state index in [1.807, 2.05) is 69.0 Å². The predicted molar refractivity (Wildman–Crippen MR) is 156 cm³/mol. The number of benzene rings is 1. The average molecular weight is 580 g/mol. The van der Waals surface area contributed by atoms with E-state index in [-0.39, 0.29) is 36.5 Å². The van der Waals surface area contributed by atoms with Crippen LogP contribution in [0.5, 0.6) is 11.5 Å². The zero-order valence-electron chi connectivity index (χ0n) is 25.1. The second-order valence-corrected chi connectivity index (χ2v) is 12.7. The van der Waals surface area contributed by atoms with E-state index < -0.39 is 17.9 Å². The van der Waals surface area contributed by atoms with Gasteiger partial charge in [-0.05, 0) is 42.0 Å². The summed E-state index contributed by atoms with van der Waals surface area (Å²) in [4.78, 5) is 45.3. The van der Waals surface area contributed by atoms with Gasteiger partial charge in [-0.15, -0.1) is 0 Å². The van der Waals surface area contributed by atoms with Gasteiger partial charge in [0.15, 0.2) is 23.9 Å². The third kappa shape index (κ3) is 6.38. The van der Waals surface area contributed by atoms with Gasteiger partial charge in [0.05, 0.1) is 12.5 Å². The summed E-state index contributed by atoms with van der Waals surface area (Å²) < 4.78 is 13.0. The van der Waals surface area contributed by atoms with Gasteiger partial charge in [-0.2, -0.15) is 0 Å². The highest BCUT2D eigenvalue weighted by atomic mass is 16.7. The molecule has 4 heterocycles. The summed E-state index contributed by atoms with van der Waals surface area (Å²) in [6.07, 6.45) is 6.63. The number of carboxylic acids is 1. The Morgan fingerprint density at radius 2 is 1.98 bits per heavy atom. The molecule has 3 aliphatic rings. The summed E-state index contributed by atoms with van der Waals surface area (Å²) in [6.45, 7) is 8.60. The van der Waals surface area contributed by atoms with Crippen molar-refractivity contribution in [3.8, 4) is 11.5 Å². The SMILES string of the molecule is CCCCN(C(=O)CN1C[C@H](c2ccc3c(c2)OCO3)C(C(=O)O)[C@@H]1CCN1CC(C)(C)CC1=O)c1ccc[n+](C)c1. The molecular formula is C32H43N4O6+. The van der Waals surface area contributed by atoms with Crippen molar-refractivity contribution in [2.24, 2.45) is 18.4 Å². The van der Waals surface area contributed by atoms with E-state index in [1.54, 1.807) is 0 Å². The fourth-order valence-corrected chi connectivity index (χ4v) is 6.71. The summed E-state index contributed by atoms with van der Waals surface area (Å²) >= 11 is 0. The number of aryl methyl sites for hydroxylation is 1. The number of pyridine rings is 1. The van der Waals surface area contributed by atoms with Gasteiger partial charge in [0.2, 0.25) is 18.6 Å². The van der Waals surface area contributed by atoms with Crippen LogP contribution in [0, 0.1) is 11.3 Å². The number of hydrogen-bond acceptors (Lipinski definition) is 6. The maximum absolute atomic E-state index is 14.0. The molecule has 0 saturated carbocycles. The molecule has 2 amide bonds. The minimum atomic E-state index is -0.899. The van der Waals surface area contributed by atoms with E-state index in [9.17, 15) is 19.5 Å². The number of aliphatic carboxylic acids is 1. The van der Waals surface area contributed by atoms with Crippen LogP contribution in [0.1, 0.15) is 57.9 Å². The number of fused-ring (bicyclic) bond motifs is 1. The van der Waals surface area contributed by atoms with Crippen molar-refractivity contribution in [1.29, 1.82) is 0 Å². The lowest BCUT2D eigenvalue weighted by atomic mass is 9.84. The first-order chi connectivity index (χ1) is 20.1. The third-order valence-electron chi connectivity index (χ3n) is 8.76. The number of carbonyl (C=O) groups excluding carboxylic acids is 2. The Morgan fingerprint density at radius 1 is 1.19 bits per heavy atom. The van der Waals surface area contributed by atoms with Gasteiger partial charge < -0.3 is 24.4 Å². The van der Waals surface area contributed by atoms with E-state index in [2.05, 4.69) is 20.8 Å². The number of carbonyl (C=O) groups is 3. The molecule has 1 aromatic heterocycles. The summed E-state index contributed by atoms with van der Waals surface area (Å²) in [5, 5.41) is 10.6. The molecule has 42 heavy (non-hydrogen) atoms. The largest absolute Gasteiger partial charge is 0.481 e. The molecule has 226 valence electrons. The third-order valence-corrected chi connectivity index (χ3v) is 8.76. The van der Waals surface area contributed by atoms with Crippen LogP contribution in [0.3, 0.4) is 0 Å². The zero-order chi connectivity index (χ0) is 30.0. The maximum atomic E-state index is 14.0. The Bertz CT molecular complexity index is 1330. The first-order valence-electron chi connectivity index (χ1n) is 15.0. The smallest absolute Gasteiger partial charge is 0.308 e. The van der Waals surface area contributed by atoms with Crippen molar-refractivity contribution in [2.75, 3.05) is 44.4 Å². The number of nitrogens with zero attached hydrogens (tertiary/aromatic N) is 4. The Balaban J connectivity index is 1.43. The highest BCUT2D eigenvalue weighted by Crippen LogP contribution is 2.43. The predicted octanol–water partition coefficient (Wildman–Crippen LogP) is 3.19. The van der Waals surface area contributed by atoms with E-state index in [0.29, 0.717) is 50.5 Å². The zero-order valence-corrected chi connectivity index (χ0v) is 25.1. The number of carboxylic acid groups (broad SMARTS) is 1. The highest BCUT2D eigenvalue weighted by Gasteiger charge is 2.48. The molecule has 0 bridgehead atoms. The quantitative estimate of drug-likeness (QED) is 0.408. The van der Waals surface area contributed by atoms with Crippen LogP contribution < -0.4 is 18.9 Å². The summed E-state index contributed by atoms with van der Waals surface area (Å²) in [6, 6.07) is 9.04. The van der Waals surface area contributed by atoms with Gasteiger partial charge in [-0.1, -0.05) is 33.3 Å². The van der Waals surface area contributed by atoms with Gasteiger partial charge in [0.25, 0.3) is 0 Å². The standard InChI is InChI=1S/C32H42N4O6/c1-5-6-13-36(23-8-7-12-33(4)17-23)29(38)19-35-18-24(22-9-10-26-27(15-22)42-21-41-26)30(31(39)40)25(35)11-14-34-20-32(2,3)16-28(34)37/h7-10,12,15,17,24-25,30H,5-6,11,13-14,16,18-21H2,1-4H3/p+1/t24-,25+,30?/m1/s1. The van der Waals surface area contributed by atoms with Crippen molar-refractivity contribution in [2.45, 2.75) is 58.4 Å². The molecule has 1 unspecified atom stereocenters. The van der Waals surface area contributed by atoms with E-state index in [4.69, 9.17) is 9.47 Å². The molecule has 10 heteroatoms. The first kappa shape index (κ1) is 29.8. The van der Waals surface area contributed by atoms with Crippen molar-refractivity contribution >= 4 is 23.5 Å². The monoisotopic (exact) mass is 579 g/mol. The van der Waals surface area contributed by atoms with Gasteiger partial charge in [0.1, 0.15) is 12.7 Å². The molecule has 1 aromatic carbocycles.